The van der Waals surface area contributed by atoms with E-state index in [1.807, 2.05) is 0 Å². The van der Waals surface area contributed by atoms with Crippen LogP contribution < -0.4 is 5.32 Å². The zero-order chi connectivity index (χ0) is 13.2. The van der Waals surface area contributed by atoms with Crippen molar-refractivity contribution in [3.05, 3.63) is 35.6 Å². The fraction of sp³-hybridized carbons (Fsp3) is 0.467. The number of hydrogen-bond acceptors (Lipinski definition) is 3. The summed E-state index contributed by atoms with van der Waals surface area (Å²) < 4.78 is 13.5. The van der Waals surface area contributed by atoms with Crippen LogP contribution in [0.15, 0.2) is 29.3 Å². The van der Waals surface area contributed by atoms with Crippen LogP contribution >= 0.6 is 0 Å². The lowest BCUT2D eigenvalue weighted by molar-refractivity contribution is 0.0996. The fourth-order valence-corrected chi connectivity index (χ4v) is 2.92. The molecule has 2 atom stereocenters. The molecule has 1 N–H and O–H groups in total. The van der Waals surface area contributed by atoms with E-state index in [4.69, 9.17) is 0 Å². The van der Waals surface area contributed by atoms with Gasteiger partial charge >= 0.3 is 0 Å². The van der Waals surface area contributed by atoms with E-state index in [0.29, 0.717) is 12.1 Å². The molecule has 0 bridgehead atoms. The average molecular weight is 260 g/mol. The second-order valence-corrected chi connectivity index (χ2v) is 5.26. The monoisotopic (exact) mass is 260 g/mol. The molecule has 0 spiro atoms. The van der Waals surface area contributed by atoms with E-state index in [1.165, 1.54) is 25.0 Å². The maximum atomic E-state index is 13.5. The molecule has 0 saturated heterocycles. The number of aliphatic imine (C=N–C) groups is 1. The molecular weight excluding hydrogens is 243 g/mol. The number of amidine groups is 1. The lowest BCUT2D eigenvalue weighted by Gasteiger charge is -2.23. The van der Waals surface area contributed by atoms with Gasteiger partial charge in [0.1, 0.15) is 11.7 Å². The molecule has 0 radical (unpaired) electrons. The van der Waals surface area contributed by atoms with Gasteiger partial charge in [0.2, 0.25) is 0 Å². The Labute approximate surface area is 111 Å². The highest BCUT2D eigenvalue weighted by Gasteiger charge is 2.31. The van der Waals surface area contributed by atoms with Gasteiger partial charge in [-0.1, -0.05) is 25.0 Å². The van der Waals surface area contributed by atoms with Gasteiger partial charge in [-0.25, -0.2) is 4.39 Å². The van der Waals surface area contributed by atoms with Gasteiger partial charge in [0.25, 0.3) is 0 Å². The van der Waals surface area contributed by atoms with Crippen molar-refractivity contribution in [1.82, 2.24) is 5.32 Å². The summed E-state index contributed by atoms with van der Waals surface area (Å²) in [5.41, 5.74) is 0.155. The van der Waals surface area contributed by atoms with Crippen LogP contribution in [0.5, 0.6) is 0 Å². The van der Waals surface area contributed by atoms with Crippen LogP contribution in [0.2, 0.25) is 0 Å². The summed E-state index contributed by atoms with van der Waals surface area (Å²) in [6.07, 6.45) is 4.81. The number of fused-ring (bicyclic) bond motifs is 1. The second-order valence-electron chi connectivity index (χ2n) is 5.26. The van der Waals surface area contributed by atoms with E-state index >= 15 is 0 Å². The molecule has 2 aliphatic rings. The lowest BCUT2D eigenvalue weighted by atomic mass is 9.92. The van der Waals surface area contributed by atoms with Crippen molar-refractivity contribution in [3.8, 4) is 0 Å². The molecule has 0 aromatic heterocycles. The van der Waals surface area contributed by atoms with Gasteiger partial charge in [-0.2, -0.15) is 0 Å². The Morgan fingerprint density at radius 2 is 2.11 bits per heavy atom. The van der Waals surface area contributed by atoms with Gasteiger partial charge < -0.3 is 5.32 Å². The van der Waals surface area contributed by atoms with Gasteiger partial charge in [0.05, 0.1) is 18.0 Å². The van der Waals surface area contributed by atoms with Crippen LogP contribution in [0.3, 0.4) is 0 Å². The highest BCUT2D eigenvalue weighted by Crippen LogP contribution is 2.25. The van der Waals surface area contributed by atoms with Crippen molar-refractivity contribution in [1.29, 1.82) is 0 Å². The normalized spacial score (nSPS) is 25.4. The molecule has 19 heavy (non-hydrogen) atoms. The van der Waals surface area contributed by atoms with E-state index in [2.05, 4.69) is 10.3 Å². The third kappa shape index (κ3) is 2.53. The number of benzene rings is 1. The maximum Gasteiger partial charge on any atom is 0.173 e. The van der Waals surface area contributed by atoms with Crippen molar-refractivity contribution >= 4 is 11.6 Å². The minimum absolute atomic E-state index is 0.155. The minimum atomic E-state index is -0.455. The number of rotatable bonds is 3. The van der Waals surface area contributed by atoms with Crippen LogP contribution in [0.4, 0.5) is 4.39 Å². The van der Waals surface area contributed by atoms with Gasteiger partial charge in [0.15, 0.2) is 5.78 Å². The summed E-state index contributed by atoms with van der Waals surface area (Å²) in [6, 6.07) is 6.82. The first-order chi connectivity index (χ1) is 9.24. The lowest BCUT2D eigenvalue weighted by Crippen LogP contribution is -2.37. The molecule has 4 heteroatoms. The van der Waals surface area contributed by atoms with Crippen molar-refractivity contribution in [2.75, 3.05) is 0 Å². The molecular formula is C15H17FN2O. The largest absolute Gasteiger partial charge is 0.369 e. The summed E-state index contributed by atoms with van der Waals surface area (Å²) in [6.45, 7) is 0. The topological polar surface area (TPSA) is 41.5 Å². The third-order valence-electron chi connectivity index (χ3n) is 3.91. The Bertz CT molecular complexity index is 527. The molecule has 1 aromatic carbocycles. The molecule has 1 fully saturated rings. The molecule has 1 aliphatic heterocycles. The van der Waals surface area contributed by atoms with E-state index in [1.54, 1.807) is 12.1 Å². The first-order valence-electron chi connectivity index (χ1n) is 6.85. The minimum Gasteiger partial charge on any atom is -0.369 e. The van der Waals surface area contributed by atoms with Crippen LogP contribution in [-0.2, 0) is 0 Å². The standard InChI is InChI=1S/C15H17FN2O/c16-11-6-2-1-5-10(11)14(19)9-15-17-12-7-3-4-8-13(12)18-15/h1-2,5-6,12-13H,3-4,7-9H2,(H,17,18)/t12-,13-/m1/s1. The van der Waals surface area contributed by atoms with Crippen LogP contribution in [0.1, 0.15) is 42.5 Å². The predicted molar refractivity (Wildman–Crippen MR) is 72.0 cm³/mol. The molecule has 0 unspecified atom stereocenters. The number of nitrogens with zero attached hydrogens (tertiary/aromatic N) is 1. The zero-order valence-corrected chi connectivity index (χ0v) is 10.7. The number of hydrogen-bond donors (Lipinski definition) is 1. The summed E-state index contributed by atoms with van der Waals surface area (Å²) in [5, 5.41) is 3.32. The van der Waals surface area contributed by atoms with Crippen molar-refractivity contribution in [3.63, 3.8) is 0 Å². The molecule has 3 nitrogen and oxygen atoms in total. The van der Waals surface area contributed by atoms with Crippen molar-refractivity contribution in [2.45, 2.75) is 44.2 Å². The molecule has 1 aromatic rings. The number of nitrogens with one attached hydrogen (secondary N) is 1. The smallest absolute Gasteiger partial charge is 0.173 e. The fourth-order valence-electron chi connectivity index (χ4n) is 2.92. The number of Topliss-reactive ketones (excluding diaryl/α,β-unsaturated/α-hetero) is 1. The van der Waals surface area contributed by atoms with Gasteiger partial charge in [-0.3, -0.25) is 9.79 Å². The molecule has 3 rings (SSSR count). The van der Waals surface area contributed by atoms with E-state index in [9.17, 15) is 9.18 Å². The zero-order valence-electron chi connectivity index (χ0n) is 10.7. The summed E-state index contributed by atoms with van der Waals surface area (Å²) in [5.74, 6) is 0.0664. The van der Waals surface area contributed by atoms with Crippen molar-refractivity contribution < 1.29 is 9.18 Å². The van der Waals surface area contributed by atoms with Crippen molar-refractivity contribution in [2.24, 2.45) is 4.99 Å². The second kappa shape index (κ2) is 5.11. The number of ketones is 1. The Balaban J connectivity index is 1.69. The Morgan fingerprint density at radius 1 is 1.32 bits per heavy atom. The Morgan fingerprint density at radius 3 is 2.89 bits per heavy atom. The maximum absolute atomic E-state index is 13.5. The van der Waals surface area contributed by atoms with Crippen LogP contribution in [0, 0.1) is 5.82 Å². The molecule has 0 amide bonds. The number of halogens is 1. The van der Waals surface area contributed by atoms with Crippen LogP contribution in [-0.4, -0.2) is 23.7 Å². The Kier molecular flexibility index (Phi) is 3.32. The SMILES string of the molecule is O=C(CC1=N[C@@H]2CCCC[C@H]2N1)c1ccccc1F. The number of carbonyl (C=O) groups excluding carboxylic acids is 1. The van der Waals surface area contributed by atoms with Gasteiger partial charge in [0, 0.05) is 6.04 Å². The molecule has 100 valence electrons. The summed E-state index contributed by atoms with van der Waals surface area (Å²) >= 11 is 0. The Hall–Kier alpha value is -1.71. The van der Waals surface area contributed by atoms with Gasteiger partial charge in [-0.05, 0) is 25.0 Å². The molecule has 1 heterocycles. The average Bonchev–Trinajstić information content (AvgIpc) is 2.81. The molecule has 1 saturated carbocycles. The first-order valence-corrected chi connectivity index (χ1v) is 6.85. The number of carbonyl (C=O) groups is 1. The molecule has 1 aliphatic carbocycles. The summed E-state index contributed by atoms with van der Waals surface area (Å²) in [4.78, 5) is 16.6. The first kappa shape index (κ1) is 12.3. The quantitative estimate of drug-likeness (QED) is 0.849. The van der Waals surface area contributed by atoms with E-state index in [-0.39, 0.29) is 17.8 Å². The van der Waals surface area contributed by atoms with Crippen LogP contribution in [0.25, 0.3) is 0 Å². The predicted octanol–water partition coefficient (Wildman–Crippen LogP) is 2.71. The third-order valence-corrected chi connectivity index (χ3v) is 3.91. The van der Waals surface area contributed by atoms with E-state index in [0.717, 1.165) is 18.7 Å². The van der Waals surface area contributed by atoms with E-state index < -0.39 is 5.82 Å². The highest BCUT2D eigenvalue weighted by atomic mass is 19.1. The summed E-state index contributed by atoms with van der Waals surface area (Å²) in [7, 11) is 0. The van der Waals surface area contributed by atoms with Gasteiger partial charge in [-0.15, -0.1) is 0 Å². The highest BCUT2D eigenvalue weighted by molar-refractivity contribution is 6.09.